The molecule has 2 rings (SSSR count). The monoisotopic (exact) mass is 334 g/mol. The predicted octanol–water partition coefficient (Wildman–Crippen LogP) is 2.82. The van der Waals surface area contributed by atoms with Gasteiger partial charge in [0.05, 0.1) is 14.9 Å². The van der Waals surface area contributed by atoms with Crippen molar-refractivity contribution in [3.8, 4) is 5.75 Å². The second-order valence-corrected chi connectivity index (χ2v) is 7.25. The zero-order chi connectivity index (χ0) is 14.9. The molecule has 0 saturated heterocycles. The van der Waals surface area contributed by atoms with E-state index in [0.29, 0.717) is 0 Å². The van der Waals surface area contributed by atoms with Gasteiger partial charge in [-0.1, -0.05) is 11.6 Å². The molecular formula is C10H7ClN2O5S2. The quantitative estimate of drug-likeness (QED) is 0.507. The van der Waals surface area contributed by atoms with Gasteiger partial charge in [-0.25, -0.2) is 8.42 Å². The number of phenolic OH excluding ortho intramolecular Hbond substituents is 1. The highest BCUT2D eigenvalue weighted by molar-refractivity contribution is 7.94. The maximum atomic E-state index is 12.0. The van der Waals surface area contributed by atoms with Crippen LogP contribution >= 0.6 is 22.9 Å². The fourth-order valence-electron chi connectivity index (χ4n) is 1.36. The van der Waals surface area contributed by atoms with Crippen LogP contribution in [0.25, 0.3) is 0 Å². The third-order valence-electron chi connectivity index (χ3n) is 2.25. The number of thiophene rings is 1. The summed E-state index contributed by atoms with van der Waals surface area (Å²) in [5.41, 5.74) is -0.617. The van der Waals surface area contributed by atoms with E-state index >= 15 is 0 Å². The maximum absolute atomic E-state index is 12.0. The molecule has 106 valence electrons. The van der Waals surface area contributed by atoms with Crippen LogP contribution in [0.15, 0.2) is 34.5 Å². The molecular weight excluding hydrogens is 328 g/mol. The number of nitro groups is 1. The predicted molar refractivity (Wildman–Crippen MR) is 74.9 cm³/mol. The topological polar surface area (TPSA) is 110 Å². The first-order chi connectivity index (χ1) is 9.29. The van der Waals surface area contributed by atoms with Crippen LogP contribution in [-0.4, -0.2) is 18.4 Å². The van der Waals surface area contributed by atoms with E-state index in [0.717, 1.165) is 29.5 Å². The third kappa shape index (κ3) is 3.00. The number of aromatic hydroxyl groups is 1. The molecule has 1 aromatic heterocycles. The minimum absolute atomic E-state index is 0.0617. The van der Waals surface area contributed by atoms with Crippen molar-refractivity contribution in [2.24, 2.45) is 0 Å². The lowest BCUT2D eigenvalue weighted by molar-refractivity contribution is -0.384. The van der Waals surface area contributed by atoms with Gasteiger partial charge < -0.3 is 5.11 Å². The molecule has 0 atom stereocenters. The van der Waals surface area contributed by atoms with Gasteiger partial charge in [0.15, 0.2) is 0 Å². The van der Waals surface area contributed by atoms with Gasteiger partial charge in [0.25, 0.3) is 15.7 Å². The Hall–Kier alpha value is -1.84. The highest BCUT2D eigenvalue weighted by Gasteiger charge is 2.20. The van der Waals surface area contributed by atoms with Gasteiger partial charge >= 0.3 is 0 Å². The number of phenols is 1. The Morgan fingerprint density at radius 1 is 1.30 bits per heavy atom. The van der Waals surface area contributed by atoms with Crippen molar-refractivity contribution < 1.29 is 18.4 Å². The minimum atomic E-state index is -3.96. The molecule has 1 heterocycles. The van der Waals surface area contributed by atoms with Gasteiger partial charge in [-0.2, -0.15) is 0 Å². The average molecular weight is 335 g/mol. The lowest BCUT2D eigenvalue weighted by Gasteiger charge is -2.07. The Morgan fingerprint density at radius 2 is 2.00 bits per heavy atom. The van der Waals surface area contributed by atoms with Crippen LogP contribution in [-0.2, 0) is 10.0 Å². The van der Waals surface area contributed by atoms with Gasteiger partial charge in [0, 0.05) is 12.1 Å². The minimum Gasteiger partial charge on any atom is -0.506 e. The Labute approximate surface area is 122 Å². The molecule has 0 fully saturated rings. The summed E-state index contributed by atoms with van der Waals surface area (Å²) in [4.78, 5) is 9.94. The fourth-order valence-corrected chi connectivity index (χ4v) is 3.90. The molecule has 10 heteroatoms. The Bertz CT molecular complexity index is 772. The van der Waals surface area contributed by atoms with E-state index in [-0.39, 0.29) is 19.9 Å². The van der Waals surface area contributed by atoms with Crippen LogP contribution in [0.5, 0.6) is 5.75 Å². The van der Waals surface area contributed by atoms with Crippen LogP contribution in [0.1, 0.15) is 0 Å². The highest BCUT2D eigenvalue weighted by Crippen LogP contribution is 2.32. The van der Waals surface area contributed by atoms with Gasteiger partial charge in [-0.15, -0.1) is 11.3 Å². The van der Waals surface area contributed by atoms with Gasteiger partial charge in [-0.05, 0) is 18.2 Å². The molecule has 2 aromatic rings. The number of halogens is 1. The number of benzene rings is 1. The molecule has 0 aliphatic carbocycles. The molecule has 7 nitrogen and oxygen atoms in total. The van der Waals surface area contributed by atoms with Crippen LogP contribution in [0, 0.1) is 10.1 Å². The lowest BCUT2D eigenvalue weighted by Crippen LogP contribution is -2.11. The molecule has 0 spiro atoms. The summed E-state index contributed by atoms with van der Waals surface area (Å²) in [5, 5.41) is 20.2. The van der Waals surface area contributed by atoms with Crippen molar-refractivity contribution in [2.45, 2.75) is 4.21 Å². The van der Waals surface area contributed by atoms with E-state index in [1.54, 1.807) is 0 Å². The Kier molecular flexibility index (Phi) is 3.84. The van der Waals surface area contributed by atoms with Crippen molar-refractivity contribution in [3.05, 3.63) is 44.8 Å². The summed E-state index contributed by atoms with van der Waals surface area (Å²) < 4.78 is 26.3. The summed E-state index contributed by atoms with van der Waals surface area (Å²) in [7, 11) is -3.96. The summed E-state index contributed by atoms with van der Waals surface area (Å²) in [5.74, 6) is -0.415. The Balaban J connectivity index is 2.39. The van der Waals surface area contributed by atoms with Crippen LogP contribution < -0.4 is 4.72 Å². The normalized spacial score (nSPS) is 11.2. The summed E-state index contributed by atoms with van der Waals surface area (Å²) >= 11 is 6.48. The molecule has 1 aromatic carbocycles. The summed E-state index contributed by atoms with van der Waals surface area (Å²) in [6.07, 6.45) is 0. The van der Waals surface area contributed by atoms with E-state index in [9.17, 15) is 23.6 Å². The molecule has 0 aliphatic rings. The summed E-state index contributed by atoms with van der Waals surface area (Å²) in [6.45, 7) is 0. The molecule has 2 N–H and O–H groups in total. The van der Waals surface area contributed by atoms with Crippen molar-refractivity contribution in [1.82, 2.24) is 0 Å². The first-order valence-corrected chi connectivity index (χ1v) is 7.73. The second-order valence-electron chi connectivity index (χ2n) is 3.62. The number of hydrogen-bond acceptors (Lipinski definition) is 6. The van der Waals surface area contributed by atoms with Crippen molar-refractivity contribution in [1.29, 1.82) is 0 Å². The Morgan fingerprint density at radius 3 is 2.55 bits per heavy atom. The van der Waals surface area contributed by atoms with E-state index in [4.69, 9.17) is 11.6 Å². The van der Waals surface area contributed by atoms with Crippen LogP contribution in [0.4, 0.5) is 11.4 Å². The lowest BCUT2D eigenvalue weighted by atomic mass is 10.2. The molecule has 0 bridgehead atoms. The zero-order valence-electron chi connectivity index (χ0n) is 9.61. The van der Waals surface area contributed by atoms with Crippen molar-refractivity contribution in [2.75, 3.05) is 4.72 Å². The van der Waals surface area contributed by atoms with Crippen molar-refractivity contribution >= 4 is 44.3 Å². The molecule has 0 amide bonds. The number of non-ortho nitro benzene ring substituents is 1. The number of anilines is 1. The SMILES string of the molecule is O=[N+]([O-])c1ccc(O)c(NS(=O)(=O)c2ccc(Cl)s2)c1. The van der Waals surface area contributed by atoms with Crippen LogP contribution in [0.3, 0.4) is 0 Å². The second kappa shape index (κ2) is 5.27. The largest absolute Gasteiger partial charge is 0.506 e. The van der Waals surface area contributed by atoms with E-state index in [1.165, 1.54) is 12.1 Å². The van der Waals surface area contributed by atoms with Crippen LogP contribution in [0.2, 0.25) is 4.34 Å². The summed E-state index contributed by atoms with van der Waals surface area (Å²) in [6, 6.07) is 5.74. The number of hydrogen-bond donors (Lipinski definition) is 2. The fraction of sp³-hybridized carbons (Fsp3) is 0. The maximum Gasteiger partial charge on any atom is 0.271 e. The van der Waals surface area contributed by atoms with Crippen molar-refractivity contribution in [3.63, 3.8) is 0 Å². The molecule has 20 heavy (non-hydrogen) atoms. The standard InChI is InChI=1S/C10H7ClN2O5S2/c11-9-3-4-10(19-9)20(17,18)12-7-5-6(13(15)16)1-2-8(7)14/h1-5,12,14H. The highest BCUT2D eigenvalue weighted by atomic mass is 35.5. The zero-order valence-corrected chi connectivity index (χ0v) is 12.0. The molecule has 0 saturated carbocycles. The average Bonchev–Trinajstić information content (AvgIpc) is 2.79. The number of nitrogens with one attached hydrogen (secondary N) is 1. The van der Waals surface area contributed by atoms with Gasteiger partial charge in [-0.3, -0.25) is 14.8 Å². The van der Waals surface area contributed by atoms with Gasteiger partial charge in [0.1, 0.15) is 9.96 Å². The molecule has 0 aliphatic heterocycles. The van der Waals surface area contributed by atoms with Gasteiger partial charge in [0.2, 0.25) is 0 Å². The molecule has 0 radical (unpaired) electrons. The van der Waals surface area contributed by atoms with E-state index in [1.807, 2.05) is 0 Å². The first-order valence-electron chi connectivity index (χ1n) is 5.05. The number of rotatable bonds is 4. The number of sulfonamides is 1. The van der Waals surface area contributed by atoms with E-state index in [2.05, 4.69) is 4.72 Å². The smallest absolute Gasteiger partial charge is 0.271 e. The molecule has 0 unspecified atom stereocenters. The third-order valence-corrected chi connectivity index (χ3v) is 5.34. The first kappa shape index (κ1) is 14.6. The number of nitro benzene ring substituents is 1. The number of nitrogens with zero attached hydrogens (tertiary/aromatic N) is 1. The van der Waals surface area contributed by atoms with E-state index < -0.39 is 20.7 Å².